The second-order valence-corrected chi connectivity index (χ2v) is 9.94. The predicted molar refractivity (Wildman–Crippen MR) is 143 cm³/mol. The SMILES string of the molecule is C[C@@H]1CCCN(c2cc(N3Cc4ccccc4C3)nc(NC(=S)NCc3ccccc3Cl)n2)C1. The van der Waals surface area contributed by atoms with Gasteiger partial charge in [-0.2, -0.15) is 9.97 Å². The Bertz CT molecular complexity index is 1160. The van der Waals surface area contributed by atoms with Crippen LogP contribution in [0.25, 0.3) is 0 Å². The van der Waals surface area contributed by atoms with E-state index in [1.54, 1.807) is 0 Å². The molecule has 2 N–H and O–H groups in total. The number of nitrogens with one attached hydrogen (secondary N) is 2. The molecule has 34 heavy (non-hydrogen) atoms. The van der Waals surface area contributed by atoms with Gasteiger partial charge in [0, 0.05) is 43.8 Å². The maximum absolute atomic E-state index is 6.28. The van der Waals surface area contributed by atoms with Crippen molar-refractivity contribution in [3.05, 3.63) is 76.3 Å². The summed E-state index contributed by atoms with van der Waals surface area (Å²) in [4.78, 5) is 14.4. The van der Waals surface area contributed by atoms with E-state index < -0.39 is 0 Å². The summed E-state index contributed by atoms with van der Waals surface area (Å²) >= 11 is 11.8. The number of hydrogen-bond donors (Lipinski definition) is 2. The van der Waals surface area contributed by atoms with Crippen LogP contribution in [0.4, 0.5) is 17.6 Å². The molecule has 0 saturated carbocycles. The first kappa shape index (κ1) is 22.9. The molecular formula is C26H29ClN6S. The fourth-order valence-electron chi connectivity index (χ4n) is 4.66. The van der Waals surface area contributed by atoms with Crippen molar-refractivity contribution >= 4 is 46.5 Å². The van der Waals surface area contributed by atoms with Crippen LogP contribution in [0.15, 0.2) is 54.6 Å². The first-order chi connectivity index (χ1) is 16.5. The van der Waals surface area contributed by atoms with Crippen LogP contribution in [0.2, 0.25) is 5.02 Å². The number of thiocarbonyl (C=S) groups is 1. The van der Waals surface area contributed by atoms with Crippen LogP contribution < -0.4 is 20.4 Å². The lowest BCUT2D eigenvalue weighted by atomic mass is 10.0. The molecule has 6 nitrogen and oxygen atoms in total. The van der Waals surface area contributed by atoms with E-state index in [1.165, 1.54) is 24.0 Å². The Labute approximate surface area is 211 Å². The monoisotopic (exact) mass is 492 g/mol. The molecular weight excluding hydrogens is 464 g/mol. The first-order valence-electron chi connectivity index (χ1n) is 11.8. The Hall–Kier alpha value is -2.90. The van der Waals surface area contributed by atoms with Gasteiger partial charge in [0.2, 0.25) is 5.95 Å². The minimum absolute atomic E-state index is 0.472. The predicted octanol–water partition coefficient (Wildman–Crippen LogP) is 5.37. The van der Waals surface area contributed by atoms with Crippen LogP contribution in [-0.4, -0.2) is 28.2 Å². The van der Waals surface area contributed by atoms with Crippen molar-refractivity contribution in [2.45, 2.75) is 39.4 Å². The van der Waals surface area contributed by atoms with E-state index in [-0.39, 0.29) is 0 Å². The van der Waals surface area contributed by atoms with Gasteiger partial charge in [-0.05, 0) is 53.7 Å². The van der Waals surface area contributed by atoms with Crippen molar-refractivity contribution in [3.8, 4) is 0 Å². The zero-order chi connectivity index (χ0) is 23.5. The number of benzene rings is 2. The molecule has 0 radical (unpaired) electrons. The van der Waals surface area contributed by atoms with Crippen molar-refractivity contribution in [1.82, 2.24) is 15.3 Å². The lowest BCUT2D eigenvalue weighted by molar-refractivity contribution is 0.444. The maximum atomic E-state index is 6.28. The molecule has 2 aliphatic heterocycles. The third kappa shape index (κ3) is 5.26. The second-order valence-electron chi connectivity index (χ2n) is 9.13. The van der Waals surface area contributed by atoms with Crippen LogP contribution in [-0.2, 0) is 19.6 Å². The van der Waals surface area contributed by atoms with Crippen molar-refractivity contribution in [2.75, 3.05) is 28.2 Å². The number of halogens is 1. The minimum Gasteiger partial charge on any atom is -0.358 e. The van der Waals surface area contributed by atoms with E-state index in [9.17, 15) is 0 Å². The molecule has 1 atom stereocenters. The van der Waals surface area contributed by atoms with Gasteiger partial charge in [-0.25, -0.2) is 0 Å². The van der Waals surface area contributed by atoms with Crippen LogP contribution in [0, 0.1) is 5.92 Å². The highest BCUT2D eigenvalue weighted by molar-refractivity contribution is 7.80. The highest BCUT2D eigenvalue weighted by Crippen LogP contribution is 2.31. The fraction of sp³-hybridized carbons (Fsp3) is 0.346. The normalized spacial score (nSPS) is 17.4. The molecule has 1 aromatic heterocycles. The lowest BCUT2D eigenvalue weighted by Crippen LogP contribution is -2.35. The van der Waals surface area contributed by atoms with Crippen molar-refractivity contribution in [2.24, 2.45) is 5.92 Å². The Kier molecular flexibility index (Phi) is 6.83. The van der Waals surface area contributed by atoms with E-state index >= 15 is 0 Å². The first-order valence-corrected chi connectivity index (χ1v) is 12.6. The highest BCUT2D eigenvalue weighted by atomic mass is 35.5. The van der Waals surface area contributed by atoms with Gasteiger partial charge in [-0.1, -0.05) is 61.0 Å². The number of aromatic nitrogens is 2. The van der Waals surface area contributed by atoms with Gasteiger partial charge in [0.1, 0.15) is 11.6 Å². The van der Waals surface area contributed by atoms with E-state index in [0.717, 1.165) is 43.4 Å². The van der Waals surface area contributed by atoms with Gasteiger partial charge >= 0.3 is 0 Å². The average Bonchev–Trinajstić information content (AvgIpc) is 3.28. The molecule has 5 rings (SSSR count). The van der Waals surface area contributed by atoms with Crippen LogP contribution in [0.1, 0.15) is 36.5 Å². The summed E-state index contributed by atoms with van der Waals surface area (Å²) in [5.74, 6) is 3.02. The van der Waals surface area contributed by atoms with Crippen molar-refractivity contribution in [1.29, 1.82) is 0 Å². The molecule has 176 valence electrons. The summed E-state index contributed by atoms with van der Waals surface area (Å²) in [5, 5.41) is 7.62. The zero-order valence-corrected chi connectivity index (χ0v) is 20.9. The third-order valence-electron chi connectivity index (χ3n) is 6.47. The van der Waals surface area contributed by atoms with Crippen molar-refractivity contribution < 1.29 is 0 Å². The quantitative estimate of drug-likeness (QED) is 0.464. The van der Waals surface area contributed by atoms with Gasteiger partial charge in [0.05, 0.1) is 0 Å². The van der Waals surface area contributed by atoms with Gasteiger partial charge in [-0.15, -0.1) is 0 Å². The highest BCUT2D eigenvalue weighted by Gasteiger charge is 2.24. The summed E-state index contributed by atoms with van der Waals surface area (Å²) in [7, 11) is 0. The maximum Gasteiger partial charge on any atom is 0.232 e. The lowest BCUT2D eigenvalue weighted by Gasteiger charge is -2.32. The largest absolute Gasteiger partial charge is 0.358 e. The van der Waals surface area contributed by atoms with Crippen molar-refractivity contribution in [3.63, 3.8) is 0 Å². The molecule has 8 heteroatoms. The van der Waals surface area contributed by atoms with E-state index in [2.05, 4.69) is 57.7 Å². The summed E-state index contributed by atoms with van der Waals surface area (Å²) in [6.45, 7) is 6.54. The molecule has 0 amide bonds. The van der Waals surface area contributed by atoms with E-state index in [0.29, 0.717) is 28.5 Å². The van der Waals surface area contributed by atoms with Gasteiger partial charge in [0.25, 0.3) is 0 Å². The molecule has 0 spiro atoms. The standard InChI is InChI=1S/C26H29ClN6S/c1-18-7-6-12-32(15-18)23-13-24(33-16-20-9-2-3-10-21(20)17-33)30-25(29-23)31-26(34)28-14-19-8-4-5-11-22(19)27/h2-5,8-11,13,18H,6-7,12,14-17H2,1H3,(H2,28,29,30,31,34)/t18-/m1/s1. The fourth-order valence-corrected chi connectivity index (χ4v) is 5.02. The van der Waals surface area contributed by atoms with Crippen LogP contribution >= 0.6 is 23.8 Å². The Balaban J connectivity index is 1.36. The van der Waals surface area contributed by atoms with Gasteiger partial charge < -0.3 is 20.4 Å². The number of fused-ring (bicyclic) bond motifs is 1. The molecule has 0 bridgehead atoms. The number of piperidine rings is 1. The number of hydrogen-bond acceptors (Lipinski definition) is 5. The second kappa shape index (κ2) is 10.2. The van der Waals surface area contributed by atoms with Crippen LogP contribution in [0.5, 0.6) is 0 Å². The molecule has 1 saturated heterocycles. The number of rotatable bonds is 5. The zero-order valence-electron chi connectivity index (χ0n) is 19.3. The molecule has 2 aromatic carbocycles. The molecule has 0 unspecified atom stereocenters. The Morgan fingerprint density at radius 1 is 1.03 bits per heavy atom. The van der Waals surface area contributed by atoms with Gasteiger partial charge in [-0.3, -0.25) is 0 Å². The summed E-state index contributed by atoms with van der Waals surface area (Å²) in [5.41, 5.74) is 3.68. The van der Waals surface area contributed by atoms with Gasteiger partial charge in [0.15, 0.2) is 5.11 Å². The average molecular weight is 493 g/mol. The Morgan fingerprint density at radius 3 is 2.41 bits per heavy atom. The summed E-state index contributed by atoms with van der Waals surface area (Å²) in [6.07, 6.45) is 2.44. The number of nitrogens with zero attached hydrogens (tertiary/aromatic N) is 4. The third-order valence-corrected chi connectivity index (χ3v) is 7.08. The molecule has 1 fully saturated rings. The summed E-state index contributed by atoms with van der Waals surface area (Å²) in [6, 6.07) is 18.4. The summed E-state index contributed by atoms with van der Waals surface area (Å²) < 4.78 is 0. The number of anilines is 3. The van der Waals surface area contributed by atoms with E-state index in [1.807, 2.05) is 24.3 Å². The molecule has 3 heterocycles. The molecule has 2 aliphatic rings. The minimum atomic E-state index is 0.472. The van der Waals surface area contributed by atoms with E-state index in [4.69, 9.17) is 33.8 Å². The topological polar surface area (TPSA) is 56.3 Å². The van der Waals surface area contributed by atoms with Crippen LogP contribution in [0.3, 0.4) is 0 Å². The molecule has 0 aliphatic carbocycles. The smallest absolute Gasteiger partial charge is 0.232 e. The Morgan fingerprint density at radius 2 is 1.71 bits per heavy atom. The molecule has 3 aromatic rings.